The van der Waals surface area contributed by atoms with Gasteiger partial charge in [-0.25, -0.2) is 19.9 Å². The summed E-state index contributed by atoms with van der Waals surface area (Å²) in [4.78, 5) is 108. The second-order valence-corrected chi connectivity index (χ2v) is 30.9. The molecule has 0 aliphatic heterocycles. The van der Waals surface area contributed by atoms with E-state index >= 15 is 0 Å². The lowest BCUT2D eigenvalue weighted by atomic mass is 10.0. The summed E-state index contributed by atoms with van der Waals surface area (Å²) in [6.45, 7) is 36.8. The minimum Gasteiger partial charge on any atom is -0.460 e. The molecular formula is C78H104N6O14. The maximum Gasteiger partial charge on any atom is 0.306 e. The highest BCUT2D eigenvalue weighted by Crippen LogP contribution is 2.28. The molecule has 0 saturated heterocycles. The van der Waals surface area contributed by atoms with E-state index in [0.29, 0.717) is 95.5 Å². The van der Waals surface area contributed by atoms with Crippen LogP contribution in [0.4, 0.5) is 0 Å². The van der Waals surface area contributed by atoms with Crippen molar-refractivity contribution >= 4 is 35.8 Å². The average molecular weight is 1350 g/mol. The molecule has 6 heterocycles. The molecular weight excluding hydrogens is 1240 g/mol. The van der Waals surface area contributed by atoms with Gasteiger partial charge in [0.2, 0.25) is 0 Å². The lowest BCUT2D eigenvalue weighted by Gasteiger charge is -2.20. The summed E-state index contributed by atoms with van der Waals surface area (Å²) in [7, 11) is 0. The molecule has 0 radical (unpaired) electrons. The number of nitrogens with zero attached hydrogens (tertiary/aromatic N) is 6. The minimum atomic E-state index is -0.696. The van der Waals surface area contributed by atoms with Crippen molar-refractivity contribution in [2.75, 3.05) is 0 Å². The zero-order chi connectivity index (χ0) is 72.6. The summed E-state index contributed by atoms with van der Waals surface area (Å²) in [5, 5.41) is 0. The molecule has 0 spiro atoms. The molecule has 6 rings (SSSR count). The van der Waals surface area contributed by atoms with E-state index in [9.17, 15) is 28.8 Å². The number of aryl methyl sites for hydroxylation is 8. The van der Waals surface area contributed by atoms with Crippen LogP contribution in [0.2, 0.25) is 0 Å². The molecule has 0 aliphatic carbocycles. The van der Waals surface area contributed by atoms with Crippen molar-refractivity contribution in [3.63, 3.8) is 0 Å². The van der Waals surface area contributed by atoms with Crippen LogP contribution in [-0.4, -0.2) is 99.3 Å². The molecule has 0 saturated carbocycles. The van der Waals surface area contributed by atoms with E-state index in [2.05, 4.69) is 0 Å². The topological polar surface area (TPSA) is 254 Å². The van der Waals surface area contributed by atoms with Crippen LogP contribution >= 0.6 is 0 Å². The summed E-state index contributed by atoms with van der Waals surface area (Å²) < 4.78 is 46.9. The molecule has 98 heavy (non-hydrogen) atoms. The van der Waals surface area contributed by atoms with Crippen molar-refractivity contribution < 1.29 is 66.7 Å². The van der Waals surface area contributed by atoms with E-state index in [4.69, 9.17) is 67.8 Å². The SMILES string of the molecule is Cc1cc(CCC(=O)OC(C)(C)C)cc(-c2cc(CCC(=O)OC(C)(C)C)cc(COCc3cc(CCC(=O)OC(C)(C)C)cc(-c4cc(CCC(=O)OC(C)(C)C)cc(COCc5cc(CCC(=O)OC(C)(C)C)cc(-c6cc(CCC(=O)OC(C)(C)C)cc(C)n6)n5)n4)n3)n2)n1. The van der Waals surface area contributed by atoms with E-state index in [1.165, 1.54) is 0 Å². The predicted molar refractivity (Wildman–Crippen MR) is 374 cm³/mol. The molecule has 0 amide bonds. The van der Waals surface area contributed by atoms with E-state index in [1.807, 2.05) is 211 Å². The number of carbonyl (C=O) groups is 6. The van der Waals surface area contributed by atoms with E-state index < -0.39 is 33.6 Å². The molecule has 0 unspecified atom stereocenters. The van der Waals surface area contributed by atoms with Crippen molar-refractivity contribution in [3.8, 4) is 34.2 Å². The first-order valence-corrected chi connectivity index (χ1v) is 33.8. The van der Waals surface area contributed by atoms with E-state index in [-0.39, 0.29) is 101 Å². The molecule has 0 aromatic carbocycles. The Morgan fingerprint density at radius 2 is 0.418 bits per heavy atom. The number of hydrogen-bond donors (Lipinski definition) is 0. The summed E-state index contributed by atoms with van der Waals surface area (Å²) in [6.07, 6.45) is 2.93. The Balaban J connectivity index is 1.35. The maximum absolute atomic E-state index is 13.2. The van der Waals surface area contributed by atoms with Crippen molar-refractivity contribution in [2.24, 2.45) is 0 Å². The molecule has 0 atom stereocenters. The van der Waals surface area contributed by atoms with Gasteiger partial charge in [0.05, 0.1) is 83.4 Å². The largest absolute Gasteiger partial charge is 0.460 e. The molecule has 0 bridgehead atoms. The summed E-state index contributed by atoms with van der Waals surface area (Å²) in [5.74, 6) is -2.03. The Hall–Kier alpha value is -8.36. The minimum absolute atomic E-state index is 0.00945. The Labute approximate surface area is 579 Å². The standard InChI is InChI=1S/C78H104N6O14/c1-49-33-51(21-27-67(85)93-73(3,4)5)39-61(79-49)63-41-53(23-29-69(87)95-75(9,10)11)35-57(81-63)45-91-47-59-37-55(25-31-71(89)97-77(15,16)17)43-65(83-59)66-44-56(26-32-72(90)98-78(18,19)20)38-60(84-66)48-92-46-58-36-54(24-30-70(88)96-76(12,13)14)42-64(82-58)62-40-52(34-50(2)80-62)22-28-68(86)94-74(6,7)8/h33-44H,21-32,45-48H2,1-20H3. The first-order chi connectivity index (χ1) is 45.4. The van der Waals surface area contributed by atoms with Gasteiger partial charge in [-0.1, -0.05) is 0 Å². The Morgan fingerprint density at radius 1 is 0.255 bits per heavy atom. The normalized spacial score (nSPS) is 12.2. The molecule has 6 aromatic rings. The maximum atomic E-state index is 13.2. The van der Waals surface area contributed by atoms with Crippen LogP contribution in [0.3, 0.4) is 0 Å². The lowest BCUT2D eigenvalue weighted by molar-refractivity contribution is -0.155. The third-order valence-electron chi connectivity index (χ3n) is 13.8. The van der Waals surface area contributed by atoms with Crippen LogP contribution in [-0.2, 0) is 132 Å². The summed E-state index contributed by atoms with van der Waals surface area (Å²) in [6, 6.07) is 22.8. The van der Waals surface area contributed by atoms with Gasteiger partial charge in [0.25, 0.3) is 0 Å². The number of rotatable bonds is 29. The van der Waals surface area contributed by atoms with Gasteiger partial charge in [-0.15, -0.1) is 0 Å². The number of aromatic nitrogens is 6. The summed E-state index contributed by atoms with van der Waals surface area (Å²) >= 11 is 0. The fourth-order valence-electron chi connectivity index (χ4n) is 10.4. The number of pyridine rings is 6. The number of hydrogen-bond acceptors (Lipinski definition) is 20. The van der Waals surface area contributed by atoms with E-state index in [1.54, 1.807) is 0 Å². The van der Waals surface area contributed by atoms with Gasteiger partial charge >= 0.3 is 35.8 Å². The Kier molecular flexibility index (Phi) is 27.2. The van der Waals surface area contributed by atoms with Gasteiger partial charge in [-0.3, -0.25) is 38.7 Å². The smallest absolute Gasteiger partial charge is 0.306 e. The average Bonchev–Trinajstić information content (AvgIpc) is 0.829. The first-order valence-electron chi connectivity index (χ1n) is 33.8. The van der Waals surface area contributed by atoms with Crippen LogP contribution in [0, 0.1) is 13.8 Å². The molecule has 0 fully saturated rings. The lowest BCUT2D eigenvalue weighted by Crippen LogP contribution is -2.24. The predicted octanol–water partition coefficient (Wildman–Crippen LogP) is 14.8. The first kappa shape index (κ1) is 78.6. The number of carbonyl (C=O) groups excluding carboxylic acids is 6. The van der Waals surface area contributed by atoms with Crippen LogP contribution < -0.4 is 0 Å². The monoisotopic (exact) mass is 1350 g/mol. The zero-order valence-corrected chi connectivity index (χ0v) is 61.6. The molecule has 20 heteroatoms. The van der Waals surface area contributed by atoms with Gasteiger partial charge in [-0.2, -0.15) is 0 Å². The van der Waals surface area contributed by atoms with Gasteiger partial charge in [-0.05, 0) is 283 Å². The van der Waals surface area contributed by atoms with Crippen LogP contribution in [0.25, 0.3) is 34.2 Å². The third-order valence-corrected chi connectivity index (χ3v) is 13.8. The van der Waals surface area contributed by atoms with Crippen LogP contribution in [0.1, 0.15) is 231 Å². The van der Waals surface area contributed by atoms with Crippen molar-refractivity contribution in [1.82, 2.24) is 29.9 Å². The highest BCUT2D eigenvalue weighted by Gasteiger charge is 2.24. The summed E-state index contributed by atoms with van der Waals surface area (Å²) in [5.41, 5.74) is 7.91. The zero-order valence-electron chi connectivity index (χ0n) is 61.6. The molecule has 20 nitrogen and oxygen atoms in total. The quantitative estimate of drug-likeness (QED) is 0.0312. The molecule has 0 aliphatic rings. The number of esters is 6. The Morgan fingerprint density at radius 3 is 0.592 bits per heavy atom. The van der Waals surface area contributed by atoms with Gasteiger partial charge in [0, 0.05) is 49.9 Å². The second-order valence-electron chi connectivity index (χ2n) is 30.9. The molecule has 6 aromatic heterocycles. The fourth-order valence-corrected chi connectivity index (χ4v) is 10.4. The second kappa shape index (κ2) is 33.9. The number of ether oxygens (including phenoxy) is 8. The van der Waals surface area contributed by atoms with E-state index in [0.717, 1.165) is 44.8 Å². The van der Waals surface area contributed by atoms with Crippen LogP contribution in [0.15, 0.2) is 72.8 Å². The molecule has 0 N–H and O–H groups in total. The fraction of sp³-hybridized carbons (Fsp3) is 0.538. The highest BCUT2D eigenvalue weighted by molar-refractivity contribution is 5.73. The molecule has 530 valence electrons. The van der Waals surface area contributed by atoms with Gasteiger partial charge in [0.1, 0.15) is 33.6 Å². The van der Waals surface area contributed by atoms with Gasteiger partial charge < -0.3 is 37.9 Å². The Bertz CT molecular complexity index is 3540. The van der Waals surface area contributed by atoms with Crippen molar-refractivity contribution in [1.29, 1.82) is 0 Å². The third kappa shape index (κ3) is 30.2. The van der Waals surface area contributed by atoms with Gasteiger partial charge in [0.15, 0.2) is 0 Å². The van der Waals surface area contributed by atoms with Crippen LogP contribution in [0.5, 0.6) is 0 Å². The highest BCUT2D eigenvalue weighted by atomic mass is 16.6. The van der Waals surface area contributed by atoms with Crippen molar-refractivity contribution in [2.45, 2.75) is 276 Å². The van der Waals surface area contributed by atoms with Crippen molar-refractivity contribution in [3.05, 3.63) is 140 Å².